The Morgan fingerprint density at radius 3 is 2.31 bits per heavy atom. The van der Waals surface area contributed by atoms with Crippen molar-refractivity contribution in [3.8, 4) is 5.69 Å². The number of nitrogens with one attached hydrogen (secondary N) is 1. The zero-order valence-corrected chi connectivity index (χ0v) is 17.6. The fraction of sp³-hybridized carbons (Fsp3) is 0.292. The molecule has 0 spiro atoms. The van der Waals surface area contributed by atoms with E-state index < -0.39 is 0 Å². The largest absolute Gasteiger partial charge is 0.366 e. The van der Waals surface area contributed by atoms with E-state index in [4.69, 9.17) is 0 Å². The molecule has 0 unspecified atom stereocenters. The van der Waals surface area contributed by atoms with E-state index in [0.29, 0.717) is 37.7 Å². The van der Waals surface area contributed by atoms with Crippen LogP contribution in [-0.4, -0.2) is 52.7 Å². The molecular weight excluding hydrogens is 409 g/mol. The van der Waals surface area contributed by atoms with E-state index in [-0.39, 0.29) is 29.2 Å². The highest BCUT2D eigenvalue weighted by Crippen LogP contribution is 2.31. The second-order valence-corrected chi connectivity index (χ2v) is 8.16. The van der Waals surface area contributed by atoms with Gasteiger partial charge in [0.2, 0.25) is 5.91 Å². The van der Waals surface area contributed by atoms with E-state index in [1.54, 1.807) is 27.8 Å². The van der Waals surface area contributed by atoms with Crippen LogP contribution in [0.4, 0.5) is 15.9 Å². The van der Waals surface area contributed by atoms with E-state index in [1.807, 2.05) is 41.3 Å². The molecule has 3 aromatic rings. The first-order valence-corrected chi connectivity index (χ1v) is 10.9. The summed E-state index contributed by atoms with van der Waals surface area (Å²) in [6.45, 7) is 2.01. The van der Waals surface area contributed by atoms with Crippen molar-refractivity contribution in [1.29, 1.82) is 0 Å². The highest BCUT2D eigenvalue weighted by atomic mass is 19.1. The second kappa shape index (κ2) is 8.45. The Labute approximate surface area is 185 Å². The molecule has 2 aromatic carbocycles. The third-order valence-corrected chi connectivity index (χ3v) is 5.89. The molecule has 2 fully saturated rings. The van der Waals surface area contributed by atoms with Crippen LogP contribution in [0.25, 0.3) is 5.69 Å². The third-order valence-electron chi connectivity index (χ3n) is 5.89. The molecular formula is C24H24FN5O2. The molecule has 1 aromatic heterocycles. The topological polar surface area (TPSA) is 70.5 Å². The molecule has 1 saturated carbocycles. The van der Waals surface area contributed by atoms with E-state index in [0.717, 1.165) is 18.5 Å². The molecule has 8 heteroatoms. The summed E-state index contributed by atoms with van der Waals surface area (Å²) >= 11 is 0. The van der Waals surface area contributed by atoms with Crippen LogP contribution in [-0.2, 0) is 4.79 Å². The van der Waals surface area contributed by atoms with Gasteiger partial charge in [-0.3, -0.25) is 9.59 Å². The standard InChI is InChI=1S/C24H24FN5O2/c25-19-8-4-5-9-21(19)28-12-14-29(15-13-28)24(32)20-16-22(26-23(31)17-10-11-17)30(27-20)18-6-2-1-3-7-18/h1-9,16-17H,10-15H2,(H,26,31). The third kappa shape index (κ3) is 4.08. The molecule has 0 atom stereocenters. The second-order valence-electron chi connectivity index (χ2n) is 8.16. The first-order valence-electron chi connectivity index (χ1n) is 10.9. The van der Waals surface area contributed by atoms with Gasteiger partial charge in [0.05, 0.1) is 11.4 Å². The summed E-state index contributed by atoms with van der Waals surface area (Å²) in [5, 5.41) is 7.44. The summed E-state index contributed by atoms with van der Waals surface area (Å²) in [6, 6.07) is 17.7. The van der Waals surface area contributed by atoms with Crippen molar-refractivity contribution in [1.82, 2.24) is 14.7 Å². The van der Waals surface area contributed by atoms with Crippen molar-refractivity contribution in [2.24, 2.45) is 5.92 Å². The van der Waals surface area contributed by atoms with Crippen molar-refractivity contribution in [2.75, 3.05) is 36.4 Å². The number of anilines is 2. The molecule has 2 amide bonds. The number of carbonyl (C=O) groups is 2. The number of halogens is 1. The van der Waals surface area contributed by atoms with Gasteiger partial charge in [0, 0.05) is 38.2 Å². The van der Waals surface area contributed by atoms with Gasteiger partial charge in [0.15, 0.2) is 5.69 Å². The van der Waals surface area contributed by atoms with Crippen LogP contribution in [0.1, 0.15) is 23.3 Å². The number of hydrogen-bond acceptors (Lipinski definition) is 4. The number of nitrogens with zero attached hydrogens (tertiary/aromatic N) is 4. The molecule has 1 saturated heterocycles. The van der Waals surface area contributed by atoms with E-state index >= 15 is 0 Å². The number of piperazine rings is 1. The minimum Gasteiger partial charge on any atom is -0.366 e. The number of rotatable bonds is 5. The fourth-order valence-electron chi connectivity index (χ4n) is 3.94. The van der Waals surface area contributed by atoms with Gasteiger partial charge >= 0.3 is 0 Å². The molecule has 0 bridgehead atoms. The molecule has 2 heterocycles. The minimum atomic E-state index is -0.259. The number of para-hydroxylation sites is 2. The van der Waals surface area contributed by atoms with Crippen LogP contribution in [0.5, 0.6) is 0 Å². The van der Waals surface area contributed by atoms with E-state index in [9.17, 15) is 14.0 Å². The first-order chi connectivity index (χ1) is 15.6. The summed E-state index contributed by atoms with van der Waals surface area (Å²) < 4.78 is 15.7. The van der Waals surface area contributed by atoms with Crippen molar-refractivity contribution in [3.63, 3.8) is 0 Å². The monoisotopic (exact) mass is 433 g/mol. The summed E-state index contributed by atoms with van der Waals surface area (Å²) in [6.07, 6.45) is 1.78. The maximum atomic E-state index is 14.1. The lowest BCUT2D eigenvalue weighted by molar-refractivity contribution is -0.117. The van der Waals surface area contributed by atoms with Crippen LogP contribution in [0.15, 0.2) is 60.7 Å². The van der Waals surface area contributed by atoms with Crippen LogP contribution in [0.3, 0.4) is 0 Å². The quantitative estimate of drug-likeness (QED) is 0.670. The predicted molar refractivity (Wildman–Crippen MR) is 119 cm³/mol. The van der Waals surface area contributed by atoms with Crippen LogP contribution in [0.2, 0.25) is 0 Å². The minimum absolute atomic E-state index is 0.0414. The van der Waals surface area contributed by atoms with Crippen molar-refractivity contribution in [3.05, 3.63) is 72.2 Å². The SMILES string of the molecule is O=C(Nc1cc(C(=O)N2CCN(c3ccccc3F)CC2)nn1-c1ccccc1)C1CC1. The number of carbonyl (C=O) groups excluding carboxylic acids is 2. The zero-order chi connectivity index (χ0) is 22.1. The Bertz CT molecular complexity index is 1130. The Morgan fingerprint density at radius 2 is 1.62 bits per heavy atom. The normalized spacial score (nSPS) is 16.2. The summed E-state index contributed by atoms with van der Waals surface area (Å²) in [4.78, 5) is 29.2. The molecule has 1 N–H and O–H groups in total. The molecule has 5 rings (SSSR count). The van der Waals surface area contributed by atoms with E-state index in [1.165, 1.54) is 6.07 Å². The number of amides is 2. The van der Waals surface area contributed by atoms with Gasteiger partial charge in [-0.2, -0.15) is 5.10 Å². The molecule has 32 heavy (non-hydrogen) atoms. The molecule has 7 nitrogen and oxygen atoms in total. The Kier molecular flexibility index (Phi) is 5.34. The Balaban J connectivity index is 1.34. The van der Waals surface area contributed by atoms with Gasteiger partial charge in [-0.15, -0.1) is 0 Å². The highest BCUT2D eigenvalue weighted by molar-refractivity contribution is 5.97. The average Bonchev–Trinajstić information content (AvgIpc) is 3.60. The predicted octanol–water partition coefficient (Wildman–Crippen LogP) is 3.32. The maximum Gasteiger partial charge on any atom is 0.274 e. The zero-order valence-electron chi connectivity index (χ0n) is 17.6. The Hall–Kier alpha value is -3.68. The highest BCUT2D eigenvalue weighted by Gasteiger charge is 2.31. The lowest BCUT2D eigenvalue weighted by atomic mass is 10.2. The van der Waals surface area contributed by atoms with E-state index in [2.05, 4.69) is 10.4 Å². The summed E-state index contributed by atoms with van der Waals surface area (Å²) in [7, 11) is 0. The summed E-state index contributed by atoms with van der Waals surface area (Å²) in [5.41, 5.74) is 1.60. The summed E-state index contributed by atoms with van der Waals surface area (Å²) in [5.74, 6) is 0.0282. The lowest BCUT2D eigenvalue weighted by Gasteiger charge is -2.35. The number of aromatic nitrogens is 2. The van der Waals surface area contributed by atoms with Crippen molar-refractivity contribution >= 4 is 23.3 Å². The van der Waals surface area contributed by atoms with Crippen molar-refractivity contribution in [2.45, 2.75) is 12.8 Å². The smallest absolute Gasteiger partial charge is 0.274 e. The first kappa shape index (κ1) is 20.2. The Morgan fingerprint density at radius 1 is 0.938 bits per heavy atom. The maximum absolute atomic E-state index is 14.1. The molecule has 1 aliphatic heterocycles. The van der Waals surface area contributed by atoms with Gasteiger partial charge < -0.3 is 15.1 Å². The molecule has 2 aliphatic rings. The van der Waals surface area contributed by atoms with Gasteiger partial charge in [0.1, 0.15) is 11.6 Å². The van der Waals surface area contributed by atoms with Crippen LogP contribution < -0.4 is 10.2 Å². The van der Waals surface area contributed by atoms with Gasteiger partial charge in [0.25, 0.3) is 5.91 Å². The van der Waals surface area contributed by atoms with Gasteiger partial charge in [-0.1, -0.05) is 30.3 Å². The average molecular weight is 433 g/mol. The fourth-order valence-corrected chi connectivity index (χ4v) is 3.94. The van der Waals surface area contributed by atoms with Crippen molar-refractivity contribution < 1.29 is 14.0 Å². The lowest BCUT2D eigenvalue weighted by Crippen LogP contribution is -2.49. The number of benzene rings is 2. The van der Waals surface area contributed by atoms with Gasteiger partial charge in [-0.05, 0) is 37.1 Å². The van der Waals surface area contributed by atoms with Crippen LogP contribution in [0, 0.1) is 11.7 Å². The molecule has 0 radical (unpaired) electrons. The molecule has 1 aliphatic carbocycles. The molecule has 164 valence electrons. The number of hydrogen-bond donors (Lipinski definition) is 1. The van der Waals surface area contributed by atoms with Gasteiger partial charge in [-0.25, -0.2) is 9.07 Å². The van der Waals surface area contributed by atoms with Crippen LogP contribution >= 0.6 is 0 Å².